The van der Waals surface area contributed by atoms with Crippen molar-refractivity contribution in [2.24, 2.45) is 0 Å². The number of aromatic nitrogens is 1. The Bertz CT molecular complexity index is 1180. The largest absolute Gasteiger partial charge is 0.504 e. The minimum absolute atomic E-state index is 0.0779. The first kappa shape index (κ1) is 17.9. The second kappa shape index (κ2) is 6.60. The first-order valence-electron chi connectivity index (χ1n) is 8.72. The Morgan fingerprint density at radius 3 is 2.36 bits per heavy atom. The Morgan fingerprint density at radius 2 is 1.71 bits per heavy atom. The van der Waals surface area contributed by atoms with Crippen LogP contribution in [0.1, 0.15) is 15.9 Å². The molecule has 0 saturated heterocycles. The molecule has 0 aliphatic carbocycles. The number of carbonyl (C=O) groups is 1. The fraction of sp³-hybridized carbons (Fsp3) is 0.238. The molecule has 0 amide bonds. The number of aryl methyl sites for hydroxylation is 1. The van der Waals surface area contributed by atoms with Crippen molar-refractivity contribution in [3.8, 4) is 34.3 Å². The van der Waals surface area contributed by atoms with Crippen molar-refractivity contribution in [2.45, 2.75) is 13.0 Å². The van der Waals surface area contributed by atoms with Crippen LogP contribution in [0.3, 0.4) is 0 Å². The van der Waals surface area contributed by atoms with Gasteiger partial charge < -0.3 is 23.9 Å². The van der Waals surface area contributed by atoms with E-state index in [2.05, 4.69) is 0 Å². The average Bonchev–Trinajstić information content (AvgIpc) is 2.72. The van der Waals surface area contributed by atoms with Crippen molar-refractivity contribution in [2.75, 3.05) is 21.3 Å². The van der Waals surface area contributed by atoms with Crippen LogP contribution in [-0.4, -0.2) is 37.3 Å². The summed E-state index contributed by atoms with van der Waals surface area (Å²) >= 11 is 0. The quantitative estimate of drug-likeness (QED) is 0.700. The van der Waals surface area contributed by atoms with Gasteiger partial charge in [0, 0.05) is 23.1 Å². The van der Waals surface area contributed by atoms with Gasteiger partial charge in [0.25, 0.3) is 5.56 Å². The minimum Gasteiger partial charge on any atom is -0.504 e. The van der Waals surface area contributed by atoms with Crippen molar-refractivity contribution >= 4 is 17.1 Å². The Kier molecular flexibility index (Phi) is 4.22. The van der Waals surface area contributed by atoms with Gasteiger partial charge in [0.15, 0.2) is 29.3 Å². The molecular formula is C21H19NO6. The van der Waals surface area contributed by atoms with Crippen LogP contribution in [0.15, 0.2) is 29.1 Å². The molecule has 1 N–H and O–H groups in total. The number of methoxy groups -OCH3 is 3. The first-order chi connectivity index (χ1) is 13.5. The molecule has 0 fully saturated rings. The molecule has 28 heavy (non-hydrogen) atoms. The van der Waals surface area contributed by atoms with Gasteiger partial charge in [-0.25, -0.2) is 0 Å². The maximum Gasteiger partial charge on any atom is 0.262 e. The molecule has 144 valence electrons. The number of fused-ring (bicyclic) bond motifs is 4. The molecule has 2 aromatic carbocycles. The topological polar surface area (TPSA) is 87.0 Å². The molecule has 3 aromatic rings. The number of ether oxygens (including phenoxy) is 3. The van der Waals surface area contributed by atoms with Gasteiger partial charge in [0.2, 0.25) is 0 Å². The van der Waals surface area contributed by atoms with Gasteiger partial charge in [-0.15, -0.1) is 0 Å². The van der Waals surface area contributed by atoms with Crippen molar-refractivity contribution in [1.82, 2.24) is 4.57 Å². The van der Waals surface area contributed by atoms with Crippen LogP contribution in [0.5, 0.6) is 23.0 Å². The molecule has 7 nitrogen and oxygen atoms in total. The lowest BCUT2D eigenvalue weighted by Crippen LogP contribution is -2.28. The molecule has 0 saturated carbocycles. The fourth-order valence-corrected chi connectivity index (χ4v) is 3.89. The smallest absolute Gasteiger partial charge is 0.262 e. The van der Waals surface area contributed by atoms with Gasteiger partial charge in [0.1, 0.15) is 0 Å². The highest BCUT2D eigenvalue weighted by Crippen LogP contribution is 2.42. The van der Waals surface area contributed by atoms with E-state index in [0.717, 1.165) is 11.1 Å². The van der Waals surface area contributed by atoms with Crippen molar-refractivity contribution in [3.05, 3.63) is 45.7 Å². The standard InChI is InChI=1S/C21H19NO6/c1-26-15-5-4-12-14(10-23)19-13-9-17(28-3)16(27-2)8-11(13)6-7-22(19)21(25)18(12)20(15)24/h4-5,8-10,24H,6-7H2,1-3H3. The number of phenolic OH excluding ortho intramolecular Hbond substituents is 1. The number of benzene rings is 2. The minimum atomic E-state index is -0.368. The number of nitrogens with zero attached hydrogens (tertiary/aromatic N) is 1. The Labute approximate surface area is 160 Å². The SMILES string of the molecule is COc1cc2c(cc1OC)-c1c(C=O)c3ccc(OC)c(O)c3c(=O)n1CC2. The van der Waals surface area contributed by atoms with Crippen LogP contribution < -0.4 is 19.8 Å². The summed E-state index contributed by atoms with van der Waals surface area (Å²) in [5, 5.41) is 11.0. The number of pyridine rings is 1. The van der Waals surface area contributed by atoms with E-state index < -0.39 is 0 Å². The highest BCUT2D eigenvalue weighted by molar-refractivity contribution is 6.06. The number of carbonyl (C=O) groups excluding carboxylic acids is 1. The van der Waals surface area contributed by atoms with E-state index in [1.807, 2.05) is 6.07 Å². The third-order valence-corrected chi connectivity index (χ3v) is 5.22. The molecule has 0 atom stereocenters. The van der Waals surface area contributed by atoms with Crippen LogP contribution in [0.2, 0.25) is 0 Å². The molecule has 1 aliphatic rings. The summed E-state index contributed by atoms with van der Waals surface area (Å²) in [6.45, 7) is 0.379. The molecular weight excluding hydrogens is 362 g/mol. The summed E-state index contributed by atoms with van der Waals surface area (Å²) < 4.78 is 17.4. The summed E-state index contributed by atoms with van der Waals surface area (Å²) in [6.07, 6.45) is 1.29. The normalized spacial score (nSPS) is 12.2. The summed E-state index contributed by atoms with van der Waals surface area (Å²) in [5.41, 5.74) is 2.17. The van der Waals surface area contributed by atoms with Gasteiger partial charge in [-0.3, -0.25) is 9.59 Å². The molecule has 1 aliphatic heterocycles. The average molecular weight is 381 g/mol. The van der Waals surface area contributed by atoms with Crippen molar-refractivity contribution < 1.29 is 24.1 Å². The molecule has 0 spiro atoms. The fourth-order valence-electron chi connectivity index (χ4n) is 3.89. The number of aldehydes is 1. The molecule has 1 aromatic heterocycles. The van der Waals surface area contributed by atoms with Crippen LogP contribution in [0.4, 0.5) is 0 Å². The van der Waals surface area contributed by atoms with E-state index in [9.17, 15) is 14.7 Å². The number of aromatic hydroxyl groups is 1. The summed E-state index contributed by atoms with van der Waals surface area (Å²) in [5.74, 6) is 1.02. The zero-order valence-corrected chi connectivity index (χ0v) is 15.7. The zero-order valence-electron chi connectivity index (χ0n) is 15.7. The number of hydrogen-bond donors (Lipinski definition) is 1. The second-order valence-electron chi connectivity index (χ2n) is 6.49. The number of hydrogen-bond acceptors (Lipinski definition) is 6. The van der Waals surface area contributed by atoms with Gasteiger partial charge in [-0.1, -0.05) is 0 Å². The van der Waals surface area contributed by atoms with E-state index >= 15 is 0 Å². The molecule has 4 rings (SSSR count). The maximum absolute atomic E-state index is 13.2. The Balaban J connectivity index is 2.15. The van der Waals surface area contributed by atoms with Gasteiger partial charge >= 0.3 is 0 Å². The predicted molar refractivity (Wildman–Crippen MR) is 104 cm³/mol. The van der Waals surface area contributed by atoms with E-state index in [1.165, 1.54) is 18.8 Å². The molecule has 0 bridgehead atoms. The third kappa shape index (κ3) is 2.36. The van der Waals surface area contributed by atoms with Crippen LogP contribution in [-0.2, 0) is 13.0 Å². The van der Waals surface area contributed by atoms with Crippen molar-refractivity contribution in [1.29, 1.82) is 0 Å². The Morgan fingerprint density at radius 1 is 1.04 bits per heavy atom. The lowest BCUT2D eigenvalue weighted by Gasteiger charge is -2.26. The van der Waals surface area contributed by atoms with Crippen molar-refractivity contribution in [3.63, 3.8) is 0 Å². The Hall–Kier alpha value is -3.48. The molecule has 0 radical (unpaired) electrons. The lowest BCUT2D eigenvalue weighted by molar-refractivity contribution is 0.112. The van der Waals surface area contributed by atoms with Gasteiger partial charge in [-0.2, -0.15) is 0 Å². The van der Waals surface area contributed by atoms with Gasteiger partial charge in [-0.05, 0) is 36.2 Å². The number of phenols is 1. The lowest BCUT2D eigenvalue weighted by atomic mass is 9.91. The molecule has 7 heteroatoms. The van der Waals surface area contributed by atoms with Crippen LogP contribution in [0, 0.1) is 0 Å². The highest BCUT2D eigenvalue weighted by atomic mass is 16.5. The summed E-state index contributed by atoms with van der Waals surface area (Å²) in [7, 11) is 4.50. The van der Waals surface area contributed by atoms with E-state index in [-0.39, 0.29) is 22.4 Å². The van der Waals surface area contributed by atoms with Crippen LogP contribution in [0.25, 0.3) is 22.0 Å². The molecule has 0 unspecified atom stereocenters. The number of rotatable bonds is 4. The maximum atomic E-state index is 13.2. The van der Waals surface area contributed by atoms with E-state index in [1.54, 1.807) is 25.3 Å². The summed E-state index contributed by atoms with van der Waals surface area (Å²) in [6, 6.07) is 6.81. The zero-order chi connectivity index (χ0) is 20.0. The van der Waals surface area contributed by atoms with Crippen LogP contribution >= 0.6 is 0 Å². The first-order valence-corrected chi connectivity index (χ1v) is 8.72. The van der Waals surface area contributed by atoms with E-state index in [4.69, 9.17) is 14.2 Å². The van der Waals surface area contributed by atoms with Gasteiger partial charge in [0.05, 0.1) is 32.4 Å². The highest BCUT2D eigenvalue weighted by Gasteiger charge is 2.27. The monoisotopic (exact) mass is 381 g/mol. The molecule has 2 heterocycles. The van der Waals surface area contributed by atoms with E-state index in [0.29, 0.717) is 47.4 Å². The predicted octanol–water partition coefficient (Wildman–Crippen LogP) is 2.77. The summed E-state index contributed by atoms with van der Waals surface area (Å²) in [4.78, 5) is 25.3. The third-order valence-electron chi connectivity index (χ3n) is 5.22. The second-order valence-corrected chi connectivity index (χ2v) is 6.49.